The fraction of sp³-hybridized carbons (Fsp3) is 0. The summed E-state index contributed by atoms with van der Waals surface area (Å²) in [6.45, 7) is 0. The lowest BCUT2D eigenvalue weighted by Gasteiger charge is -2.12. The molecule has 2 heterocycles. The summed E-state index contributed by atoms with van der Waals surface area (Å²) in [4.78, 5) is 19.3. The number of benzene rings is 2. The van der Waals surface area contributed by atoms with E-state index in [2.05, 4.69) is 9.98 Å². The van der Waals surface area contributed by atoms with E-state index in [9.17, 15) is 9.90 Å². The largest absolute Gasteiger partial charge is 0.494 e. The summed E-state index contributed by atoms with van der Waals surface area (Å²) in [5.41, 5.74) is 2.43. The zero-order chi connectivity index (χ0) is 19.1. The summed E-state index contributed by atoms with van der Waals surface area (Å²) in [7, 11) is 0. The van der Waals surface area contributed by atoms with Gasteiger partial charge in [-0.15, -0.1) is 0 Å². The highest BCUT2D eigenvalue weighted by Crippen LogP contribution is 2.33. The fourth-order valence-corrected chi connectivity index (χ4v) is 3.42. The Bertz CT molecular complexity index is 1260. The standard InChI is InChI=1S/C19H11Cl2N3O2S/c20-14-6-5-11(8-15(14)21)24-18(26)13(17(25)23-19(24)27)7-10-9-22-16-4-2-1-3-12(10)16/h1-9,26H,(H,23,25,27). The first-order valence-electron chi connectivity index (χ1n) is 7.84. The Morgan fingerprint density at radius 3 is 2.70 bits per heavy atom. The Kier molecular flexibility index (Phi) is 4.47. The Morgan fingerprint density at radius 1 is 1.15 bits per heavy atom. The summed E-state index contributed by atoms with van der Waals surface area (Å²) >= 11 is 17.2. The first kappa shape index (κ1) is 17.7. The van der Waals surface area contributed by atoms with Crippen molar-refractivity contribution in [2.24, 2.45) is 4.99 Å². The van der Waals surface area contributed by atoms with E-state index >= 15 is 0 Å². The maximum Gasteiger partial charge on any atom is 0.262 e. The Labute approximate surface area is 168 Å². The smallest absolute Gasteiger partial charge is 0.262 e. The zero-order valence-electron chi connectivity index (χ0n) is 13.6. The highest BCUT2D eigenvalue weighted by molar-refractivity contribution is 7.71. The molecule has 0 saturated carbocycles. The Morgan fingerprint density at radius 2 is 1.93 bits per heavy atom. The van der Waals surface area contributed by atoms with Gasteiger partial charge in [0, 0.05) is 17.4 Å². The second kappa shape index (κ2) is 6.81. The normalized spacial score (nSPS) is 13.9. The molecule has 0 aliphatic carbocycles. The van der Waals surface area contributed by atoms with Gasteiger partial charge in [-0.3, -0.25) is 19.3 Å². The van der Waals surface area contributed by atoms with Crippen molar-refractivity contribution in [2.45, 2.75) is 0 Å². The van der Waals surface area contributed by atoms with Crippen molar-refractivity contribution in [3.8, 4) is 11.6 Å². The van der Waals surface area contributed by atoms with Crippen LogP contribution in [0.15, 0.2) is 52.3 Å². The number of allylic oxidation sites excluding steroid dienone is 1. The number of nitrogens with one attached hydrogen (secondary N) is 1. The number of aromatic nitrogens is 2. The van der Waals surface area contributed by atoms with Gasteiger partial charge >= 0.3 is 0 Å². The summed E-state index contributed by atoms with van der Waals surface area (Å²) in [6, 6.07) is 12.3. The minimum absolute atomic E-state index is 0.0403. The van der Waals surface area contributed by atoms with Crippen molar-refractivity contribution in [1.29, 1.82) is 0 Å². The maximum absolute atomic E-state index is 12.4. The van der Waals surface area contributed by atoms with Gasteiger partial charge in [0.05, 0.1) is 21.4 Å². The monoisotopic (exact) mass is 415 g/mol. The molecule has 0 atom stereocenters. The van der Waals surface area contributed by atoms with E-state index in [4.69, 9.17) is 35.4 Å². The van der Waals surface area contributed by atoms with Gasteiger partial charge in [-0.1, -0.05) is 41.4 Å². The van der Waals surface area contributed by atoms with E-state index < -0.39 is 5.56 Å². The molecule has 134 valence electrons. The molecule has 1 aliphatic rings. The van der Waals surface area contributed by atoms with Gasteiger partial charge in [-0.2, -0.15) is 0 Å². The molecule has 0 bridgehead atoms. The van der Waals surface area contributed by atoms with Gasteiger partial charge in [0.15, 0.2) is 4.77 Å². The highest BCUT2D eigenvalue weighted by Gasteiger charge is 2.17. The molecule has 0 amide bonds. The molecule has 3 aromatic rings. The average molecular weight is 416 g/mol. The molecular weight excluding hydrogens is 405 g/mol. The second-order valence-electron chi connectivity index (χ2n) is 5.81. The van der Waals surface area contributed by atoms with Crippen LogP contribution in [0.1, 0.15) is 11.1 Å². The first-order valence-corrected chi connectivity index (χ1v) is 9.01. The Balaban J connectivity index is 1.92. The summed E-state index contributed by atoms with van der Waals surface area (Å²) in [5, 5.41) is 11.5. The van der Waals surface area contributed by atoms with Crippen molar-refractivity contribution in [1.82, 2.24) is 9.55 Å². The number of fused-ring (bicyclic) bond motifs is 1. The van der Waals surface area contributed by atoms with Crippen LogP contribution in [0, 0.1) is 4.77 Å². The predicted molar refractivity (Wildman–Crippen MR) is 111 cm³/mol. The molecule has 4 rings (SSSR count). The van der Waals surface area contributed by atoms with Gasteiger partial charge < -0.3 is 5.11 Å². The molecular formula is C19H11Cl2N3O2S. The number of para-hydroxylation sites is 1. The van der Waals surface area contributed by atoms with Crippen LogP contribution < -0.4 is 5.56 Å². The lowest BCUT2D eigenvalue weighted by Crippen LogP contribution is -2.16. The molecule has 0 unspecified atom stereocenters. The number of rotatable bonds is 2. The predicted octanol–water partition coefficient (Wildman–Crippen LogP) is 5.16. The van der Waals surface area contributed by atoms with E-state index in [1.165, 1.54) is 4.57 Å². The summed E-state index contributed by atoms with van der Waals surface area (Å²) in [5.74, 6) is -0.299. The lowest BCUT2D eigenvalue weighted by molar-refractivity contribution is 0.432. The van der Waals surface area contributed by atoms with Crippen molar-refractivity contribution in [2.75, 3.05) is 0 Å². The van der Waals surface area contributed by atoms with E-state index in [0.717, 1.165) is 11.3 Å². The Hall–Kier alpha value is -2.67. The number of hydrogen-bond acceptors (Lipinski definition) is 4. The third-order valence-electron chi connectivity index (χ3n) is 4.14. The molecule has 1 aliphatic heterocycles. The lowest BCUT2D eigenvalue weighted by atomic mass is 10.1. The van der Waals surface area contributed by atoms with Crippen LogP contribution in [0.5, 0.6) is 5.88 Å². The molecule has 27 heavy (non-hydrogen) atoms. The number of H-pyrrole nitrogens is 1. The van der Waals surface area contributed by atoms with Crippen molar-refractivity contribution in [3.05, 3.63) is 78.8 Å². The molecule has 1 aromatic heterocycles. The summed E-state index contributed by atoms with van der Waals surface area (Å²) < 4.78 is 1.36. The molecule has 0 radical (unpaired) electrons. The van der Waals surface area contributed by atoms with E-state index in [0.29, 0.717) is 21.3 Å². The molecule has 0 spiro atoms. The van der Waals surface area contributed by atoms with Crippen LogP contribution in [0.2, 0.25) is 10.0 Å². The van der Waals surface area contributed by atoms with Gasteiger partial charge in [-0.05, 0) is 42.6 Å². The van der Waals surface area contributed by atoms with Crippen LogP contribution in [0.4, 0.5) is 5.69 Å². The molecule has 8 heteroatoms. The van der Waals surface area contributed by atoms with E-state index in [-0.39, 0.29) is 16.2 Å². The molecule has 0 saturated heterocycles. The number of halogens is 2. The highest BCUT2D eigenvalue weighted by atomic mass is 35.5. The summed E-state index contributed by atoms with van der Waals surface area (Å²) in [6.07, 6.45) is 3.22. The SMILES string of the molecule is O=c1[nH]c(=S)n(-c2ccc(Cl)c(Cl)c2)c(O)c1C=C1C=Nc2ccccc21. The zero-order valence-corrected chi connectivity index (χ0v) is 15.9. The van der Waals surface area contributed by atoms with Gasteiger partial charge in [0.2, 0.25) is 5.88 Å². The third-order valence-corrected chi connectivity index (χ3v) is 5.16. The quantitative estimate of drug-likeness (QED) is 0.567. The average Bonchev–Trinajstić information content (AvgIpc) is 3.04. The van der Waals surface area contributed by atoms with Gasteiger partial charge in [-0.25, -0.2) is 0 Å². The molecule has 2 N–H and O–H groups in total. The molecule has 0 fully saturated rings. The van der Waals surface area contributed by atoms with Crippen molar-refractivity contribution >= 4 is 59.0 Å². The van der Waals surface area contributed by atoms with Crippen LogP contribution in [0.3, 0.4) is 0 Å². The number of aromatic amines is 1. The van der Waals surface area contributed by atoms with E-state index in [1.54, 1.807) is 30.5 Å². The van der Waals surface area contributed by atoms with Crippen LogP contribution in [-0.4, -0.2) is 20.9 Å². The van der Waals surface area contributed by atoms with Crippen molar-refractivity contribution in [3.63, 3.8) is 0 Å². The second-order valence-corrected chi connectivity index (χ2v) is 7.01. The van der Waals surface area contributed by atoms with Crippen LogP contribution in [0.25, 0.3) is 17.3 Å². The van der Waals surface area contributed by atoms with Crippen LogP contribution >= 0.6 is 35.4 Å². The third kappa shape index (κ3) is 3.12. The topological polar surface area (TPSA) is 70.4 Å². The number of hydrogen-bond donors (Lipinski definition) is 2. The van der Waals surface area contributed by atoms with Crippen LogP contribution in [-0.2, 0) is 0 Å². The number of aliphatic imine (C=N–C) groups is 1. The van der Waals surface area contributed by atoms with Gasteiger partial charge in [0.1, 0.15) is 5.56 Å². The van der Waals surface area contributed by atoms with Gasteiger partial charge in [0.25, 0.3) is 5.56 Å². The minimum atomic E-state index is -0.501. The number of aromatic hydroxyl groups is 1. The molecule has 5 nitrogen and oxygen atoms in total. The van der Waals surface area contributed by atoms with E-state index in [1.807, 2.05) is 24.3 Å². The first-order chi connectivity index (χ1) is 13.0. The van der Waals surface area contributed by atoms with Crippen molar-refractivity contribution < 1.29 is 5.11 Å². The number of nitrogens with zero attached hydrogens (tertiary/aromatic N) is 2. The minimum Gasteiger partial charge on any atom is -0.494 e. The fourth-order valence-electron chi connectivity index (χ4n) is 2.84. The maximum atomic E-state index is 12.4. The molecule has 2 aromatic carbocycles.